The fraction of sp³-hybridized carbons (Fsp3) is 0.533. The van der Waals surface area contributed by atoms with Gasteiger partial charge >= 0.3 is 0 Å². The Morgan fingerprint density at radius 2 is 2.17 bits per heavy atom. The maximum absolute atomic E-state index is 11.9. The molecule has 1 aromatic carbocycles. The van der Waals surface area contributed by atoms with Crippen molar-refractivity contribution in [2.45, 2.75) is 44.6 Å². The molecular weight excluding hydrogens is 248 g/mol. The number of ether oxygens (including phenoxy) is 1. The van der Waals surface area contributed by atoms with Crippen LogP contribution in [0.3, 0.4) is 0 Å². The highest BCUT2D eigenvalue weighted by Crippen LogP contribution is 2.19. The molecule has 0 N–H and O–H groups in total. The minimum absolute atomic E-state index is 0.247. The largest absolute Gasteiger partial charge is 0.378 e. The Hall–Kier alpha value is -0.860. The van der Waals surface area contributed by atoms with Crippen LogP contribution in [0.25, 0.3) is 0 Å². The third kappa shape index (κ3) is 4.11. The zero-order valence-electron chi connectivity index (χ0n) is 10.5. The van der Waals surface area contributed by atoms with Crippen molar-refractivity contribution >= 4 is 17.4 Å². The fourth-order valence-electron chi connectivity index (χ4n) is 2.30. The third-order valence-corrected chi connectivity index (χ3v) is 3.73. The average molecular weight is 267 g/mol. The summed E-state index contributed by atoms with van der Waals surface area (Å²) >= 11 is 6.04. The van der Waals surface area contributed by atoms with Gasteiger partial charge in [-0.25, -0.2) is 0 Å². The summed E-state index contributed by atoms with van der Waals surface area (Å²) in [6.07, 6.45) is 5.65. The Balaban J connectivity index is 1.76. The minimum atomic E-state index is 0.247. The van der Waals surface area contributed by atoms with Crippen LogP contribution in [-0.4, -0.2) is 18.5 Å². The van der Waals surface area contributed by atoms with Gasteiger partial charge in [0, 0.05) is 24.5 Å². The molecule has 0 saturated carbocycles. The van der Waals surface area contributed by atoms with E-state index in [1.807, 2.05) is 24.3 Å². The topological polar surface area (TPSA) is 26.3 Å². The van der Waals surface area contributed by atoms with Gasteiger partial charge in [-0.15, -0.1) is 0 Å². The summed E-state index contributed by atoms with van der Waals surface area (Å²) in [7, 11) is 0. The van der Waals surface area contributed by atoms with Gasteiger partial charge in [-0.05, 0) is 37.3 Å². The van der Waals surface area contributed by atoms with E-state index < -0.39 is 0 Å². The smallest absolute Gasteiger partial charge is 0.137 e. The lowest BCUT2D eigenvalue weighted by atomic mass is 10.0. The lowest BCUT2D eigenvalue weighted by Crippen LogP contribution is -2.20. The van der Waals surface area contributed by atoms with Gasteiger partial charge in [0.15, 0.2) is 0 Å². The quantitative estimate of drug-likeness (QED) is 0.810. The maximum Gasteiger partial charge on any atom is 0.137 e. The maximum atomic E-state index is 11.9. The first kappa shape index (κ1) is 13.6. The average Bonchev–Trinajstić information content (AvgIpc) is 2.40. The van der Waals surface area contributed by atoms with Crippen molar-refractivity contribution in [1.29, 1.82) is 0 Å². The molecule has 2 nitrogen and oxygen atoms in total. The van der Waals surface area contributed by atoms with Crippen LogP contribution < -0.4 is 0 Å². The minimum Gasteiger partial charge on any atom is -0.378 e. The van der Waals surface area contributed by atoms with Crippen LogP contribution >= 0.6 is 11.6 Å². The second-order valence-corrected chi connectivity index (χ2v) is 5.24. The van der Waals surface area contributed by atoms with Gasteiger partial charge in [0.05, 0.1) is 6.10 Å². The van der Waals surface area contributed by atoms with Gasteiger partial charge in [-0.2, -0.15) is 0 Å². The highest BCUT2D eigenvalue weighted by atomic mass is 35.5. The number of benzene rings is 1. The van der Waals surface area contributed by atoms with Gasteiger partial charge in [0.25, 0.3) is 0 Å². The molecule has 1 saturated heterocycles. The van der Waals surface area contributed by atoms with E-state index in [1.54, 1.807) is 0 Å². The van der Waals surface area contributed by atoms with E-state index >= 15 is 0 Å². The Morgan fingerprint density at radius 3 is 2.89 bits per heavy atom. The number of rotatable bonds is 5. The van der Waals surface area contributed by atoms with Crippen LogP contribution in [-0.2, 0) is 16.0 Å². The highest BCUT2D eigenvalue weighted by Gasteiger charge is 2.15. The van der Waals surface area contributed by atoms with Crippen molar-refractivity contribution in [3.63, 3.8) is 0 Å². The molecule has 1 aromatic rings. The molecule has 0 aliphatic carbocycles. The fourth-order valence-corrected chi connectivity index (χ4v) is 2.50. The number of carbonyl (C=O) groups is 1. The standard InChI is InChI=1S/C15H19ClO2/c16-15-7-2-1-5-12(15)11-13(17)8-9-14-6-3-4-10-18-14/h1-2,5,7,14H,3-4,6,8-11H2. The van der Waals surface area contributed by atoms with E-state index in [9.17, 15) is 4.79 Å². The van der Waals surface area contributed by atoms with Crippen molar-refractivity contribution in [3.8, 4) is 0 Å². The lowest BCUT2D eigenvalue weighted by Gasteiger charge is -2.22. The van der Waals surface area contributed by atoms with Gasteiger partial charge in [0.1, 0.15) is 5.78 Å². The van der Waals surface area contributed by atoms with Crippen LogP contribution in [0.5, 0.6) is 0 Å². The highest BCUT2D eigenvalue weighted by molar-refractivity contribution is 6.31. The first-order valence-corrected chi connectivity index (χ1v) is 7.00. The van der Waals surface area contributed by atoms with E-state index in [4.69, 9.17) is 16.3 Å². The van der Waals surface area contributed by atoms with Crippen LogP contribution in [0.1, 0.15) is 37.7 Å². The van der Waals surface area contributed by atoms with Crippen molar-refractivity contribution in [2.75, 3.05) is 6.61 Å². The van der Waals surface area contributed by atoms with E-state index in [0.717, 1.165) is 31.4 Å². The van der Waals surface area contributed by atoms with Crippen LogP contribution in [0.2, 0.25) is 5.02 Å². The molecule has 3 heteroatoms. The van der Waals surface area contributed by atoms with E-state index in [2.05, 4.69) is 0 Å². The molecule has 0 aromatic heterocycles. The first-order valence-electron chi connectivity index (χ1n) is 6.62. The van der Waals surface area contributed by atoms with Gasteiger partial charge in [0.2, 0.25) is 0 Å². The normalized spacial score (nSPS) is 19.7. The number of Topliss-reactive ketones (excluding diaryl/α,β-unsaturated/α-hetero) is 1. The second-order valence-electron chi connectivity index (χ2n) is 4.83. The van der Waals surface area contributed by atoms with Crippen molar-refractivity contribution in [1.82, 2.24) is 0 Å². The molecule has 0 amide bonds. The third-order valence-electron chi connectivity index (χ3n) is 3.36. The zero-order valence-corrected chi connectivity index (χ0v) is 11.3. The zero-order chi connectivity index (χ0) is 12.8. The summed E-state index contributed by atoms with van der Waals surface area (Å²) in [4.78, 5) is 11.9. The first-order chi connectivity index (χ1) is 8.75. The van der Waals surface area contributed by atoms with Gasteiger partial charge < -0.3 is 4.74 Å². The molecule has 1 aliphatic heterocycles. The summed E-state index contributed by atoms with van der Waals surface area (Å²) in [5.74, 6) is 0.247. The van der Waals surface area contributed by atoms with Crippen LogP contribution in [0.4, 0.5) is 0 Å². The number of hydrogen-bond donors (Lipinski definition) is 0. The molecule has 98 valence electrons. The molecule has 2 rings (SSSR count). The van der Waals surface area contributed by atoms with Crippen molar-refractivity contribution in [3.05, 3.63) is 34.9 Å². The van der Waals surface area contributed by atoms with Gasteiger partial charge in [-0.1, -0.05) is 29.8 Å². The van der Waals surface area contributed by atoms with Gasteiger partial charge in [-0.3, -0.25) is 4.79 Å². The molecule has 18 heavy (non-hydrogen) atoms. The molecule has 1 unspecified atom stereocenters. The summed E-state index contributed by atoms with van der Waals surface area (Å²) in [6.45, 7) is 0.851. The van der Waals surface area contributed by atoms with Crippen molar-refractivity contribution < 1.29 is 9.53 Å². The number of hydrogen-bond acceptors (Lipinski definition) is 2. The molecule has 0 spiro atoms. The predicted octanol–water partition coefficient (Wildman–Crippen LogP) is 3.80. The Labute approximate surface area is 113 Å². The lowest BCUT2D eigenvalue weighted by molar-refractivity contribution is -0.119. The summed E-state index contributed by atoms with van der Waals surface area (Å²) < 4.78 is 5.62. The Kier molecular flexibility index (Phi) is 5.21. The SMILES string of the molecule is O=C(CCC1CCCCO1)Cc1ccccc1Cl. The molecule has 1 aliphatic rings. The van der Waals surface area contributed by atoms with Crippen LogP contribution in [0.15, 0.2) is 24.3 Å². The van der Waals surface area contributed by atoms with Crippen LogP contribution in [0, 0.1) is 0 Å². The molecule has 1 fully saturated rings. The summed E-state index contributed by atoms with van der Waals surface area (Å²) in [5, 5.41) is 0.680. The van der Waals surface area contributed by atoms with E-state index in [1.165, 1.54) is 6.42 Å². The molecule has 1 atom stereocenters. The van der Waals surface area contributed by atoms with E-state index in [0.29, 0.717) is 17.9 Å². The number of ketones is 1. The van der Waals surface area contributed by atoms with E-state index in [-0.39, 0.29) is 11.9 Å². The number of halogens is 1. The molecule has 1 heterocycles. The number of carbonyl (C=O) groups excluding carboxylic acids is 1. The monoisotopic (exact) mass is 266 g/mol. The summed E-state index contributed by atoms with van der Waals surface area (Å²) in [5.41, 5.74) is 0.925. The van der Waals surface area contributed by atoms with Crippen molar-refractivity contribution in [2.24, 2.45) is 0 Å². The molecular formula is C15H19ClO2. The summed E-state index contributed by atoms with van der Waals surface area (Å²) in [6, 6.07) is 7.54. The molecule has 0 bridgehead atoms. The Bertz CT molecular complexity index is 397. The predicted molar refractivity (Wildman–Crippen MR) is 73.0 cm³/mol. The molecule has 0 radical (unpaired) electrons. The second kappa shape index (κ2) is 6.91. The Morgan fingerprint density at radius 1 is 1.33 bits per heavy atom.